The van der Waals surface area contributed by atoms with Crippen LogP contribution in [0.2, 0.25) is 0 Å². The molecule has 21 heavy (non-hydrogen) atoms. The van der Waals surface area contributed by atoms with Gasteiger partial charge in [-0.3, -0.25) is 4.79 Å². The maximum atomic E-state index is 10.0. The van der Waals surface area contributed by atoms with Crippen molar-refractivity contribution >= 4 is 23.5 Å². The second-order valence-corrected chi connectivity index (χ2v) is 4.28. The summed E-state index contributed by atoms with van der Waals surface area (Å²) in [5.41, 5.74) is 2.71. The third-order valence-corrected chi connectivity index (χ3v) is 2.57. The number of anilines is 2. The number of hydrogen-bond acceptors (Lipinski definition) is 5. The Balaban J connectivity index is 1.92. The lowest BCUT2D eigenvalue weighted by Crippen LogP contribution is -2.13. The molecule has 2 rings (SSSR count). The summed E-state index contributed by atoms with van der Waals surface area (Å²) >= 11 is 0. The molecule has 0 saturated heterocycles. The van der Waals surface area contributed by atoms with Crippen LogP contribution in [-0.4, -0.2) is 25.3 Å². The summed E-state index contributed by atoms with van der Waals surface area (Å²) in [5, 5.41) is 12.6. The first-order valence-corrected chi connectivity index (χ1v) is 6.38. The van der Waals surface area contributed by atoms with Gasteiger partial charge in [-0.05, 0) is 36.4 Å². The van der Waals surface area contributed by atoms with Gasteiger partial charge in [0, 0.05) is 18.4 Å². The molecular weight excluding hydrogens is 268 g/mol. The summed E-state index contributed by atoms with van der Waals surface area (Å²) in [6, 6.07) is 17.5. The highest BCUT2D eigenvalue weighted by molar-refractivity contribution is 5.61. The first-order valence-electron chi connectivity index (χ1n) is 6.38. The average molecular weight is 284 g/mol. The molecule has 0 amide bonds. The van der Waals surface area contributed by atoms with Gasteiger partial charge in [0.05, 0.1) is 5.69 Å². The zero-order chi connectivity index (χ0) is 14.9. The van der Waals surface area contributed by atoms with Gasteiger partial charge in [-0.1, -0.05) is 23.4 Å². The second-order valence-electron chi connectivity index (χ2n) is 4.28. The van der Waals surface area contributed by atoms with Crippen LogP contribution >= 0.6 is 0 Å². The number of para-hydroxylation sites is 1. The summed E-state index contributed by atoms with van der Waals surface area (Å²) in [4.78, 5) is 10.0. The maximum Gasteiger partial charge on any atom is 0.294 e. The van der Waals surface area contributed by atoms with E-state index >= 15 is 0 Å². The molecule has 0 aromatic heterocycles. The number of rotatable bonds is 7. The first kappa shape index (κ1) is 14.5. The molecule has 0 aliphatic heterocycles. The highest BCUT2D eigenvalue weighted by Crippen LogP contribution is 2.20. The van der Waals surface area contributed by atoms with E-state index in [2.05, 4.69) is 20.4 Å². The van der Waals surface area contributed by atoms with Gasteiger partial charge in [-0.15, -0.1) is 5.11 Å². The van der Waals surface area contributed by atoms with E-state index in [0.717, 1.165) is 11.4 Å². The third-order valence-electron chi connectivity index (χ3n) is 2.57. The summed E-state index contributed by atoms with van der Waals surface area (Å²) in [6.07, 6.45) is 0. The predicted molar refractivity (Wildman–Crippen MR) is 80.5 cm³/mol. The topological polar surface area (TPSA) is 66.3 Å². The Morgan fingerprint density at radius 3 is 2.43 bits per heavy atom. The number of nitrogens with zero attached hydrogens (tertiary/aromatic N) is 3. The third kappa shape index (κ3) is 4.94. The molecule has 1 N–H and O–H groups in total. The van der Waals surface area contributed by atoms with Crippen LogP contribution in [0, 0.1) is 0 Å². The van der Waals surface area contributed by atoms with Crippen LogP contribution in [0.5, 0.6) is 0 Å². The van der Waals surface area contributed by atoms with E-state index in [4.69, 9.17) is 0 Å². The standard InChI is InChI=1S/C15H16N4O2/c1-19(11-21-12-20)18-17-15-9-7-14(8-10-15)16-13-5-3-2-4-6-13/h2-10,12,16H,11H2,1H3. The van der Waals surface area contributed by atoms with Gasteiger partial charge in [0.1, 0.15) is 0 Å². The largest absolute Gasteiger partial charge is 0.445 e. The summed E-state index contributed by atoms with van der Waals surface area (Å²) in [6.45, 7) is 0.441. The van der Waals surface area contributed by atoms with Crippen LogP contribution in [0.3, 0.4) is 0 Å². The quantitative estimate of drug-likeness (QED) is 0.366. The maximum absolute atomic E-state index is 10.0. The molecule has 6 nitrogen and oxygen atoms in total. The smallest absolute Gasteiger partial charge is 0.294 e. The molecule has 0 heterocycles. The van der Waals surface area contributed by atoms with E-state index in [1.165, 1.54) is 5.01 Å². The SMILES string of the molecule is CN(COC=O)N=Nc1ccc(Nc2ccccc2)cc1. The normalized spacial score (nSPS) is 10.3. The van der Waals surface area contributed by atoms with Crippen molar-refractivity contribution in [2.45, 2.75) is 0 Å². The second kappa shape index (κ2) is 7.64. The Bertz CT molecular complexity index is 584. The fourth-order valence-corrected chi connectivity index (χ4v) is 1.59. The van der Waals surface area contributed by atoms with Crippen molar-refractivity contribution in [3.05, 3.63) is 54.6 Å². The van der Waals surface area contributed by atoms with Gasteiger partial charge < -0.3 is 10.1 Å². The fraction of sp³-hybridized carbons (Fsp3) is 0.133. The minimum Gasteiger partial charge on any atom is -0.445 e. The lowest BCUT2D eigenvalue weighted by molar-refractivity contribution is -0.132. The van der Waals surface area contributed by atoms with Crippen LogP contribution in [0.4, 0.5) is 17.1 Å². The van der Waals surface area contributed by atoms with Gasteiger partial charge in [-0.25, -0.2) is 5.01 Å². The Hall–Kier alpha value is -2.89. The van der Waals surface area contributed by atoms with Crippen molar-refractivity contribution in [3.63, 3.8) is 0 Å². The minimum atomic E-state index is 0.0701. The van der Waals surface area contributed by atoms with Crippen molar-refractivity contribution in [1.82, 2.24) is 5.01 Å². The number of hydrogen-bond donors (Lipinski definition) is 1. The van der Waals surface area contributed by atoms with Crippen molar-refractivity contribution in [2.75, 3.05) is 19.1 Å². The van der Waals surface area contributed by atoms with Crippen molar-refractivity contribution in [2.24, 2.45) is 10.3 Å². The Morgan fingerprint density at radius 1 is 1.10 bits per heavy atom. The molecule has 2 aromatic carbocycles. The molecule has 0 saturated carbocycles. The first-order chi connectivity index (χ1) is 10.3. The van der Waals surface area contributed by atoms with E-state index in [-0.39, 0.29) is 6.73 Å². The summed E-state index contributed by atoms with van der Waals surface area (Å²) in [7, 11) is 1.67. The Kier molecular flexibility index (Phi) is 5.28. The fourth-order valence-electron chi connectivity index (χ4n) is 1.59. The van der Waals surface area contributed by atoms with Crippen LogP contribution in [0.15, 0.2) is 64.9 Å². The molecule has 0 spiro atoms. The van der Waals surface area contributed by atoms with Crippen LogP contribution in [-0.2, 0) is 9.53 Å². The molecule has 0 fully saturated rings. The molecule has 2 aromatic rings. The van der Waals surface area contributed by atoms with Gasteiger partial charge >= 0.3 is 0 Å². The molecule has 0 aliphatic carbocycles. The zero-order valence-electron chi connectivity index (χ0n) is 11.6. The van der Waals surface area contributed by atoms with Gasteiger partial charge in [0.15, 0.2) is 6.73 Å². The molecular formula is C15H16N4O2. The van der Waals surface area contributed by atoms with Gasteiger partial charge in [0.25, 0.3) is 6.47 Å². The van der Waals surface area contributed by atoms with E-state index in [9.17, 15) is 4.79 Å². The van der Waals surface area contributed by atoms with Crippen LogP contribution in [0.25, 0.3) is 0 Å². The van der Waals surface area contributed by atoms with Crippen molar-refractivity contribution < 1.29 is 9.53 Å². The molecule has 6 heteroatoms. The van der Waals surface area contributed by atoms with Crippen LogP contribution < -0.4 is 5.32 Å². The van der Waals surface area contributed by atoms with Crippen LogP contribution in [0.1, 0.15) is 0 Å². The number of carbonyl (C=O) groups excluding carboxylic acids is 1. The lowest BCUT2D eigenvalue weighted by Gasteiger charge is -2.08. The predicted octanol–water partition coefficient (Wildman–Crippen LogP) is 3.49. The monoisotopic (exact) mass is 284 g/mol. The van der Waals surface area contributed by atoms with E-state index in [1.54, 1.807) is 7.05 Å². The average Bonchev–Trinajstić information content (AvgIpc) is 2.53. The highest BCUT2D eigenvalue weighted by atomic mass is 16.5. The highest BCUT2D eigenvalue weighted by Gasteiger charge is 1.96. The van der Waals surface area contributed by atoms with Gasteiger partial charge in [0.2, 0.25) is 0 Å². The Morgan fingerprint density at radius 2 is 1.76 bits per heavy atom. The Labute approximate surface area is 123 Å². The number of ether oxygens (including phenoxy) is 1. The lowest BCUT2D eigenvalue weighted by atomic mass is 10.2. The van der Waals surface area contributed by atoms with Crippen molar-refractivity contribution in [3.8, 4) is 0 Å². The summed E-state index contributed by atoms with van der Waals surface area (Å²) in [5.74, 6) is 0. The number of benzene rings is 2. The molecule has 0 bridgehead atoms. The van der Waals surface area contributed by atoms with E-state index in [0.29, 0.717) is 12.2 Å². The van der Waals surface area contributed by atoms with E-state index in [1.807, 2.05) is 54.6 Å². The van der Waals surface area contributed by atoms with Gasteiger partial charge in [-0.2, -0.15) is 0 Å². The number of carbonyl (C=O) groups is 1. The summed E-state index contributed by atoms with van der Waals surface area (Å²) < 4.78 is 4.55. The zero-order valence-corrected chi connectivity index (χ0v) is 11.6. The minimum absolute atomic E-state index is 0.0701. The molecule has 108 valence electrons. The van der Waals surface area contributed by atoms with E-state index < -0.39 is 0 Å². The molecule has 0 radical (unpaired) electrons. The molecule has 0 atom stereocenters. The molecule has 0 aliphatic rings. The number of nitrogens with one attached hydrogen (secondary N) is 1. The van der Waals surface area contributed by atoms with Crippen molar-refractivity contribution in [1.29, 1.82) is 0 Å². The molecule has 0 unspecified atom stereocenters.